The van der Waals surface area contributed by atoms with Crippen molar-refractivity contribution in [3.8, 4) is 11.5 Å². The van der Waals surface area contributed by atoms with Crippen molar-refractivity contribution in [2.24, 2.45) is 7.05 Å². The first-order chi connectivity index (χ1) is 19.9. The fraction of sp³-hybridized carbons (Fsp3) is 0.276. The highest BCUT2D eigenvalue weighted by atomic mass is 16.3. The van der Waals surface area contributed by atoms with Gasteiger partial charge in [0.1, 0.15) is 11.2 Å². The fourth-order valence-electron chi connectivity index (χ4n) is 5.25. The van der Waals surface area contributed by atoms with Crippen LogP contribution in [0.5, 0.6) is 0 Å². The molecule has 208 valence electrons. The molecule has 1 fully saturated rings. The number of hydrogen-bond acceptors (Lipinski definition) is 9. The fourth-order valence-corrected chi connectivity index (χ4v) is 5.25. The van der Waals surface area contributed by atoms with Gasteiger partial charge in [-0.1, -0.05) is 30.3 Å². The number of pyridine rings is 1. The number of aromatic nitrogens is 6. The molecule has 1 saturated heterocycles. The molecule has 4 heterocycles. The minimum Gasteiger partial charge on any atom is -0.436 e. The highest BCUT2D eigenvalue weighted by molar-refractivity contribution is 5.94. The summed E-state index contributed by atoms with van der Waals surface area (Å²) in [5.74, 6) is 0.678. The monoisotopic (exact) mass is 551 g/mol. The van der Waals surface area contributed by atoms with Gasteiger partial charge in [0, 0.05) is 50.0 Å². The molecule has 1 aliphatic heterocycles. The van der Waals surface area contributed by atoms with Gasteiger partial charge in [-0.2, -0.15) is 4.80 Å². The van der Waals surface area contributed by atoms with Gasteiger partial charge in [-0.15, -0.1) is 10.2 Å². The van der Waals surface area contributed by atoms with Crippen molar-refractivity contribution in [1.82, 2.24) is 40.0 Å². The molecule has 0 radical (unpaired) electrons. The van der Waals surface area contributed by atoms with E-state index >= 15 is 0 Å². The van der Waals surface area contributed by atoms with E-state index in [9.17, 15) is 9.59 Å². The number of anilines is 1. The molecule has 3 aromatic heterocycles. The molecule has 0 aliphatic carbocycles. The Bertz CT molecular complexity index is 1720. The molecule has 2 unspecified atom stereocenters. The van der Waals surface area contributed by atoms with Gasteiger partial charge in [0.15, 0.2) is 11.4 Å². The summed E-state index contributed by atoms with van der Waals surface area (Å²) < 4.78 is 5.94. The summed E-state index contributed by atoms with van der Waals surface area (Å²) in [6, 6.07) is 18.7. The van der Waals surface area contributed by atoms with Crippen LogP contribution in [-0.2, 0) is 11.8 Å². The van der Waals surface area contributed by atoms with Crippen LogP contribution < -0.4 is 5.32 Å². The van der Waals surface area contributed by atoms with Gasteiger partial charge < -0.3 is 14.6 Å². The number of nitrogens with one attached hydrogen (secondary N) is 1. The number of amides is 2. The SMILES string of the molecule is CC(=O)Nc1ccc2oc(-c3ccnc(C(=O)N4CCN(C(c5ccccc5)c5nnn(C)n5)C(C)C4)c3)nc2c1. The lowest BCUT2D eigenvalue weighted by Crippen LogP contribution is -2.54. The Hall–Kier alpha value is -4.97. The minimum atomic E-state index is -0.177. The standard InChI is InChI=1S/C29H29N9O3/c1-18-17-37(13-14-38(18)26(20-7-5-4-6-8-20)27-33-35-36(3)34-27)29(40)24-15-21(11-12-30-24)28-32-23-16-22(31-19(2)39)9-10-25(23)41-28/h4-12,15-16,18,26H,13-14,17H2,1-3H3,(H,31,39). The average Bonchev–Trinajstić information content (AvgIpc) is 3.60. The third-order valence-electron chi connectivity index (χ3n) is 7.12. The number of nitrogens with zero attached hydrogens (tertiary/aromatic N) is 8. The van der Waals surface area contributed by atoms with E-state index in [1.54, 1.807) is 43.6 Å². The van der Waals surface area contributed by atoms with Crippen molar-refractivity contribution in [2.75, 3.05) is 25.0 Å². The number of tetrazole rings is 1. The number of fused-ring (bicyclic) bond motifs is 1. The molecule has 41 heavy (non-hydrogen) atoms. The Labute approximate surface area is 236 Å². The molecule has 0 bridgehead atoms. The number of piperazine rings is 1. The Morgan fingerprint density at radius 3 is 2.63 bits per heavy atom. The third-order valence-corrected chi connectivity index (χ3v) is 7.12. The van der Waals surface area contributed by atoms with Gasteiger partial charge >= 0.3 is 0 Å². The van der Waals surface area contributed by atoms with E-state index in [0.29, 0.717) is 59.4 Å². The van der Waals surface area contributed by atoms with Crippen LogP contribution in [0.25, 0.3) is 22.6 Å². The Morgan fingerprint density at radius 2 is 1.90 bits per heavy atom. The van der Waals surface area contributed by atoms with Crippen LogP contribution in [0.1, 0.15) is 41.8 Å². The summed E-state index contributed by atoms with van der Waals surface area (Å²) >= 11 is 0. The van der Waals surface area contributed by atoms with Crippen LogP contribution in [-0.4, -0.2) is 77.5 Å². The molecule has 2 amide bonds. The quantitative estimate of drug-likeness (QED) is 0.337. The van der Waals surface area contributed by atoms with E-state index < -0.39 is 0 Å². The number of rotatable bonds is 6. The summed E-state index contributed by atoms with van der Waals surface area (Å²) in [5, 5.41) is 15.6. The molecule has 0 spiro atoms. The summed E-state index contributed by atoms with van der Waals surface area (Å²) in [6.45, 7) is 5.22. The predicted molar refractivity (Wildman–Crippen MR) is 151 cm³/mol. The molecular weight excluding hydrogens is 522 g/mol. The number of benzene rings is 2. The van der Waals surface area contributed by atoms with E-state index in [1.807, 2.05) is 23.1 Å². The van der Waals surface area contributed by atoms with Crippen LogP contribution in [0.15, 0.2) is 71.3 Å². The largest absolute Gasteiger partial charge is 0.436 e. The van der Waals surface area contributed by atoms with Crippen LogP contribution >= 0.6 is 0 Å². The number of oxazole rings is 1. The second-order valence-corrected chi connectivity index (χ2v) is 10.1. The normalized spacial score (nSPS) is 16.6. The average molecular weight is 552 g/mol. The van der Waals surface area contributed by atoms with E-state index in [1.165, 1.54) is 11.7 Å². The molecule has 6 rings (SSSR count). The first kappa shape index (κ1) is 26.3. The topological polar surface area (TPSA) is 135 Å². The van der Waals surface area contributed by atoms with Crippen molar-refractivity contribution >= 4 is 28.6 Å². The van der Waals surface area contributed by atoms with E-state index in [2.05, 4.69) is 54.7 Å². The van der Waals surface area contributed by atoms with Gasteiger partial charge in [-0.25, -0.2) is 4.98 Å². The zero-order valence-electron chi connectivity index (χ0n) is 22.9. The molecule has 12 nitrogen and oxygen atoms in total. The first-order valence-corrected chi connectivity index (χ1v) is 13.3. The Kier molecular flexibility index (Phi) is 6.98. The second-order valence-electron chi connectivity index (χ2n) is 10.1. The number of hydrogen-bond donors (Lipinski definition) is 1. The third kappa shape index (κ3) is 5.41. The van der Waals surface area contributed by atoms with Crippen molar-refractivity contribution < 1.29 is 14.0 Å². The number of carbonyl (C=O) groups is 2. The highest BCUT2D eigenvalue weighted by Crippen LogP contribution is 2.31. The van der Waals surface area contributed by atoms with Crippen molar-refractivity contribution in [3.05, 3.63) is 83.9 Å². The Morgan fingerprint density at radius 1 is 1.07 bits per heavy atom. The lowest BCUT2D eigenvalue weighted by Gasteiger charge is -2.43. The zero-order chi connectivity index (χ0) is 28.5. The molecule has 1 aliphatic rings. The van der Waals surface area contributed by atoms with E-state index in [0.717, 1.165) is 5.56 Å². The maximum absolute atomic E-state index is 13.6. The van der Waals surface area contributed by atoms with Gasteiger partial charge in [-0.05, 0) is 48.0 Å². The summed E-state index contributed by atoms with van der Waals surface area (Å²) in [4.78, 5) is 39.5. The number of aryl methyl sites for hydroxylation is 1. The van der Waals surface area contributed by atoms with Crippen molar-refractivity contribution in [3.63, 3.8) is 0 Å². The maximum atomic E-state index is 13.6. The summed E-state index contributed by atoms with van der Waals surface area (Å²) in [5.41, 5.74) is 3.85. The second kappa shape index (κ2) is 10.9. The summed E-state index contributed by atoms with van der Waals surface area (Å²) in [6.07, 6.45) is 1.59. The van der Waals surface area contributed by atoms with Gasteiger partial charge in [0.25, 0.3) is 5.91 Å². The Balaban J connectivity index is 1.20. The lowest BCUT2D eigenvalue weighted by molar-refractivity contribution is -0.114. The summed E-state index contributed by atoms with van der Waals surface area (Å²) in [7, 11) is 1.75. The van der Waals surface area contributed by atoms with Gasteiger partial charge in [0.2, 0.25) is 11.8 Å². The first-order valence-electron chi connectivity index (χ1n) is 13.3. The van der Waals surface area contributed by atoms with E-state index in [4.69, 9.17) is 4.42 Å². The lowest BCUT2D eigenvalue weighted by atomic mass is 10.0. The zero-order valence-corrected chi connectivity index (χ0v) is 22.9. The molecule has 5 aromatic rings. The molecule has 2 aromatic carbocycles. The van der Waals surface area contributed by atoms with Crippen LogP contribution in [0.3, 0.4) is 0 Å². The predicted octanol–water partition coefficient (Wildman–Crippen LogP) is 3.31. The van der Waals surface area contributed by atoms with Gasteiger partial charge in [0.05, 0.1) is 13.1 Å². The van der Waals surface area contributed by atoms with Crippen LogP contribution in [0, 0.1) is 0 Å². The number of carbonyl (C=O) groups excluding carboxylic acids is 2. The van der Waals surface area contributed by atoms with E-state index in [-0.39, 0.29) is 23.9 Å². The minimum absolute atomic E-state index is 0.0275. The van der Waals surface area contributed by atoms with Crippen molar-refractivity contribution in [2.45, 2.75) is 25.9 Å². The maximum Gasteiger partial charge on any atom is 0.272 e. The van der Waals surface area contributed by atoms with Crippen LogP contribution in [0.2, 0.25) is 0 Å². The molecular formula is C29H29N9O3. The van der Waals surface area contributed by atoms with Gasteiger partial charge in [-0.3, -0.25) is 19.5 Å². The molecule has 1 N–H and O–H groups in total. The molecule has 0 saturated carbocycles. The molecule has 2 atom stereocenters. The highest BCUT2D eigenvalue weighted by Gasteiger charge is 2.35. The van der Waals surface area contributed by atoms with Crippen LogP contribution in [0.4, 0.5) is 5.69 Å². The molecule has 12 heteroatoms. The smallest absolute Gasteiger partial charge is 0.272 e. The van der Waals surface area contributed by atoms with Crippen molar-refractivity contribution in [1.29, 1.82) is 0 Å².